The molecule has 2 heterocycles. The highest BCUT2D eigenvalue weighted by Crippen LogP contribution is 2.42. The van der Waals surface area contributed by atoms with Crippen molar-refractivity contribution >= 4 is 21.6 Å². The molecule has 218 valence electrons. The Hall–Kier alpha value is -3.27. The Morgan fingerprint density at radius 1 is 0.976 bits per heavy atom. The van der Waals surface area contributed by atoms with Gasteiger partial charge in [-0.25, -0.2) is 12.8 Å². The molecule has 0 radical (unpaired) electrons. The van der Waals surface area contributed by atoms with Crippen molar-refractivity contribution in [1.82, 2.24) is 4.90 Å². The maximum atomic E-state index is 14.5. The van der Waals surface area contributed by atoms with Gasteiger partial charge in [0.05, 0.1) is 0 Å². The van der Waals surface area contributed by atoms with Crippen LogP contribution in [0.4, 0.5) is 10.1 Å². The lowest BCUT2D eigenvalue weighted by Gasteiger charge is -2.38. The summed E-state index contributed by atoms with van der Waals surface area (Å²) in [5.41, 5.74) is 3.14. The summed E-state index contributed by atoms with van der Waals surface area (Å²) in [7, 11) is -1.85. The minimum atomic E-state index is -3.99. The molecule has 3 aromatic rings. The summed E-state index contributed by atoms with van der Waals surface area (Å²) in [5.74, 6) is -0.842. The van der Waals surface area contributed by atoms with E-state index in [2.05, 4.69) is 45.5 Å². The standard InChI is InChI=1S/C32H38FN3O4S/c1-32(2)31(41(38,39)34-30(40-32)22-26(16-21-37)28-6-4-5-7-29(28)33)25-10-8-23(9-11-25)24-12-14-27(15-13-24)36-19-17-35(3)18-20-36/h4-15,26,31,37H,16-22H2,1-3H3/t26-,31?/m1/s1. The quantitative estimate of drug-likeness (QED) is 0.386. The maximum absolute atomic E-state index is 14.5. The van der Waals surface area contributed by atoms with Gasteiger partial charge in [-0.1, -0.05) is 54.6 Å². The number of aliphatic hydroxyl groups excluding tert-OH is 1. The minimum absolute atomic E-state index is 0.0324. The molecule has 7 nitrogen and oxygen atoms in total. The van der Waals surface area contributed by atoms with Crippen LogP contribution < -0.4 is 4.90 Å². The normalized spacial score (nSPS) is 21.1. The summed E-state index contributed by atoms with van der Waals surface area (Å²) in [6, 6.07) is 22.3. The Balaban J connectivity index is 1.34. The first kappa shape index (κ1) is 29.2. The van der Waals surface area contributed by atoms with Gasteiger partial charge in [0, 0.05) is 44.9 Å². The van der Waals surface area contributed by atoms with Crippen LogP contribution in [0.1, 0.15) is 49.0 Å². The Bertz CT molecular complexity index is 1480. The van der Waals surface area contributed by atoms with Crippen molar-refractivity contribution in [1.29, 1.82) is 0 Å². The number of halogens is 1. The van der Waals surface area contributed by atoms with Gasteiger partial charge in [0.2, 0.25) is 5.90 Å². The molecule has 0 saturated carbocycles. The number of benzene rings is 3. The second-order valence-electron chi connectivity index (χ2n) is 11.5. The summed E-state index contributed by atoms with van der Waals surface area (Å²) < 4.78 is 51.7. The van der Waals surface area contributed by atoms with Crippen LogP contribution in [-0.2, 0) is 14.8 Å². The van der Waals surface area contributed by atoms with Crippen LogP contribution in [0.15, 0.2) is 77.2 Å². The molecule has 0 aliphatic carbocycles. The second kappa shape index (κ2) is 11.9. The Labute approximate surface area is 242 Å². The van der Waals surface area contributed by atoms with Crippen molar-refractivity contribution in [3.63, 3.8) is 0 Å². The molecule has 0 aromatic heterocycles. The molecule has 2 aliphatic rings. The molecule has 9 heteroatoms. The van der Waals surface area contributed by atoms with Crippen molar-refractivity contribution < 1.29 is 22.7 Å². The smallest absolute Gasteiger partial charge is 0.267 e. The lowest BCUT2D eigenvalue weighted by Crippen LogP contribution is -2.44. The number of hydrogen-bond donors (Lipinski definition) is 1. The lowest BCUT2D eigenvalue weighted by atomic mass is 9.91. The molecule has 41 heavy (non-hydrogen) atoms. The molecule has 2 atom stereocenters. The number of anilines is 1. The highest BCUT2D eigenvalue weighted by Gasteiger charge is 2.47. The predicted octanol–water partition coefficient (Wildman–Crippen LogP) is 5.38. The topological polar surface area (TPSA) is 82.4 Å². The van der Waals surface area contributed by atoms with Crippen molar-refractivity contribution in [3.8, 4) is 11.1 Å². The number of rotatable bonds is 8. The van der Waals surface area contributed by atoms with E-state index in [0.717, 1.165) is 37.3 Å². The molecule has 5 rings (SSSR count). The molecule has 1 saturated heterocycles. The molecule has 3 aromatic carbocycles. The van der Waals surface area contributed by atoms with Gasteiger partial charge in [0.25, 0.3) is 10.0 Å². The highest BCUT2D eigenvalue weighted by atomic mass is 32.2. The third-order valence-corrected chi connectivity index (χ3v) is 9.96. The zero-order valence-corrected chi connectivity index (χ0v) is 24.6. The lowest BCUT2D eigenvalue weighted by molar-refractivity contribution is 0.0797. The van der Waals surface area contributed by atoms with E-state index in [9.17, 15) is 17.9 Å². The number of likely N-dealkylation sites (N-methyl/N-ethyl adjacent to an activating group) is 1. The van der Waals surface area contributed by atoms with E-state index in [4.69, 9.17) is 4.74 Å². The zero-order chi connectivity index (χ0) is 29.2. The van der Waals surface area contributed by atoms with Crippen LogP contribution in [0.25, 0.3) is 11.1 Å². The van der Waals surface area contributed by atoms with E-state index in [0.29, 0.717) is 11.1 Å². The van der Waals surface area contributed by atoms with Gasteiger partial charge in [-0.15, -0.1) is 4.40 Å². The van der Waals surface area contributed by atoms with Crippen LogP contribution in [-0.4, -0.2) is 69.8 Å². The van der Waals surface area contributed by atoms with E-state index >= 15 is 0 Å². The van der Waals surface area contributed by atoms with Gasteiger partial charge in [0.1, 0.15) is 16.7 Å². The average molecular weight is 580 g/mol. The van der Waals surface area contributed by atoms with E-state index in [1.165, 1.54) is 11.8 Å². The molecular weight excluding hydrogens is 541 g/mol. The van der Waals surface area contributed by atoms with E-state index in [1.807, 2.05) is 24.3 Å². The summed E-state index contributed by atoms with van der Waals surface area (Å²) in [5, 5.41) is 8.57. The minimum Gasteiger partial charge on any atom is -0.472 e. The number of aliphatic hydroxyl groups is 1. The van der Waals surface area contributed by atoms with Crippen LogP contribution in [0.3, 0.4) is 0 Å². The zero-order valence-electron chi connectivity index (χ0n) is 23.8. The predicted molar refractivity (Wildman–Crippen MR) is 161 cm³/mol. The molecule has 1 unspecified atom stereocenters. The second-order valence-corrected chi connectivity index (χ2v) is 13.2. The molecule has 2 aliphatic heterocycles. The fraction of sp³-hybridized carbons (Fsp3) is 0.406. The van der Waals surface area contributed by atoms with Crippen LogP contribution >= 0.6 is 0 Å². The number of piperazine rings is 1. The number of nitrogens with zero attached hydrogens (tertiary/aromatic N) is 3. The SMILES string of the molecule is CN1CCN(c2ccc(-c3ccc(C4C(C)(C)OC(C[C@@H](CCO)c5ccccc5F)=NS4(=O)=O)cc3)cc2)CC1. The van der Waals surface area contributed by atoms with Crippen LogP contribution in [0.2, 0.25) is 0 Å². The molecular formula is C32H38FN3O4S. The third-order valence-electron chi connectivity index (χ3n) is 8.07. The van der Waals surface area contributed by atoms with Gasteiger partial charge >= 0.3 is 0 Å². The fourth-order valence-electron chi connectivity index (χ4n) is 5.90. The fourth-order valence-corrected chi connectivity index (χ4v) is 7.67. The number of hydrogen-bond acceptors (Lipinski definition) is 6. The number of sulfonamides is 1. The van der Waals surface area contributed by atoms with Crippen LogP contribution in [0, 0.1) is 5.82 Å². The molecule has 0 spiro atoms. The molecule has 1 fully saturated rings. The first-order chi connectivity index (χ1) is 19.6. The van der Waals surface area contributed by atoms with Crippen molar-refractivity contribution in [3.05, 3.63) is 89.7 Å². The van der Waals surface area contributed by atoms with Gasteiger partial charge in [-0.05, 0) is 73.7 Å². The summed E-state index contributed by atoms with van der Waals surface area (Å²) in [6.45, 7) is 7.41. The maximum Gasteiger partial charge on any atom is 0.267 e. The van der Waals surface area contributed by atoms with E-state index < -0.39 is 32.6 Å². The van der Waals surface area contributed by atoms with Gasteiger partial charge in [-0.2, -0.15) is 0 Å². The molecule has 0 bridgehead atoms. The van der Waals surface area contributed by atoms with Gasteiger partial charge < -0.3 is 19.6 Å². The monoisotopic (exact) mass is 579 g/mol. The number of ether oxygens (including phenoxy) is 1. The summed E-state index contributed by atoms with van der Waals surface area (Å²) >= 11 is 0. The van der Waals surface area contributed by atoms with Crippen molar-refractivity contribution in [2.24, 2.45) is 4.40 Å². The summed E-state index contributed by atoms with van der Waals surface area (Å²) in [4.78, 5) is 4.72. The third kappa shape index (κ3) is 6.47. The van der Waals surface area contributed by atoms with E-state index in [1.54, 1.807) is 32.0 Å². The van der Waals surface area contributed by atoms with E-state index in [-0.39, 0.29) is 25.3 Å². The van der Waals surface area contributed by atoms with Crippen LogP contribution in [0.5, 0.6) is 0 Å². The Morgan fingerprint density at radius 2 is 1.59 bits per heavy atom. The van der Waals surface area contributed by atoms with Gasteiger partial charge in [-0.3, -0.25) is 0 Å². The van der Waals surface area contributed by atoms with Gasteiger partial charge in [0.15, 0.2) is 0 Å². The average Bonchev–Trinajstić information content (AvgIpc) is 2.93. The largest absolute Gasteiger partial charge is 0.472 e. The Morgan fingerprint density at radius 3 is 2.17 bits per heavy atom. The van der Waals surface area contributed by atoms with Crippen molar-refractivity contribution in [2.75, 3.05) is 44.7 Å². The summed E-state index contributed by atoms with van der Waals surface area (Å²) in [6.07, 6.45) is 0.324. The first-order valence-corrected chi connectivity index (χ1v) is 15.6. The first-order valence-electron chi connectivity index (χ1n) is 14.1. The molecule has 0 amide bonds. The Kier molecular flexibility index (Phi) is 8.50. The van der Waals surface area contributed by atoms with Crippen molar-refractivity contribution in [2.45, 2.75) is 43.5 Å². The highest BCUT2D eigenvalue weighted by molar-refractivity contribution is 7.90. The molecule has 1 N–H and O–H groups in total.